The highest BCUT2D eigenvalue weighted by molar-refractivity contribution is 7.98. The summed E-state index contributed by atoms with van der Waals surface area (Å²) >= 11 is 1.66. The number of thioether (sulfide) groups is 1. The van der Waals surface area contributed by atoms with Crippen molar-refractivity contribution in [2.75, 3.05) is 25.6 Å². The van der Waals surface area contributed by atoms with E-state index in [0.717, 1.165) is 5.75 Å². The molecule has 1 rings (SSSR count). The van der Waals surface area contributed by atoms with Crippen LogP contribution >= 0.6 is 11.8 Å². The second-order valence-electron chi connectivity index (χ2n) is 3.42. The molecule has 1 amide bonds. The molecule has 4 nitrogen and oxygen atoms in total. The smallest absolute Gasteiger partial charge is 0.253 e. The number of amides is 1. The Kier molecular flexibility index (Phi) is 4.49. The van der Waals surface area contributed by atoms with Gasteiger partial charge >= 0.3 is 0 Å². The average molecular weight is 241 g/mol. The lowest BCUT2D eigenvalue weighted by molar-refractivity contribution is 0.0803. The third kappa shape index (κ3) is 3.06. The van der Waals surface area contributed by atoms with Crippen LogP contribution in [0.15, 0.2) is 18.2 Å². The third-order valence-corrected chi connectivity index (χ3v) is 2.79. The van der Waals surface area contributed by atoms with Crippen LogP contribution in [0.3, 0.4) is 0 Å². The van der Waals surface area contributed by atoms with Gasteiger partial charge in [0.15, 0.2) is 11.5 Å². The van der Waals surface area contributed by atoms with Crippen LogP contribution in [0.25, 0.3) is 0 Å². The third-order valence-electron chi connectivity index (χ3n) is 2.20. The molecule has 0 bridgehead atoms. The Hall–Kier alpha value is -1.36. The monoisotopic (exact) mass is 241 g/mol. The van der Waals surface area contributed by atoms with Crippen LogP contribution in [-0.2, 0) is 0 Å². The number of carbonyl (C=O) groups is 1. The van der Waals surface area contributed by atoms with E-state index in [2.05, 4.69) is 0 Å². The maximum absolute atomic E-state index is 11.8. The SMILES string of the molecule is CSCCN(C)C(=O)c1ccc(O)c(O)c1. The molecule has 0 aliphatic carbocycles. The summed E-state index contributed by atoms with van der Waals surface area (Å²) in [6.07, 6.45) is 1.98. The highest BCUT2D eigenvalue weighted by Crippen LogP contribution is 2.25. The first-order valence-corrected chi connectivity index (χ1v) is 6.22. The van der Waals surface area contributed by atoms with Gasteiger partial charge in [-0.25, -0.2) is 0 Å². The van der Waals surface area contributed by atoms with Crippen LogP contribution in [0, 0.1) is 0 Å². The molecule has 0 saturated carbocycles. The summed E-state index contributed by atoms with van der Waals surface area (Å²) in [4.78, 5) is 13.4. The van der Waals surface area contributed by atoms with Crippen LogP contribution in [0.2, 0.25) is 0 Å². The summed E-state index contributed by atoms with van der Waals surface area (Å²) < 4.78 is 0. The van der Waals surface area contributed by atoms with E-state index in [-0.39, 0.29) is 17.4 Å². The second kappa shape index (κ2) is 5.65. The first-order chi connectivity index (χ1) is 7.56. The Bertz CT molecular complexity index is 381. The average Bonchev–Trinajstić information content (AvgIpc) is 2.28. The van der Waals surface area contributed by atoms with Crippen molar-refractivity contribution in [2.24, 2.45) is 0 Å². The zero-order chi connectivity index (χ0) is 12.1. The molecule has 2 N–H and O–H groups in total. The van der Waals surface area contributed by atoms with Crippen molar-refractivity contribution in [1.82, 2.24) is 4.90 Å². The van der Waals surface area contributed by atoms with Crippen molar-refractivity contribution >= 4 is 17.7 Å². The van der Waals surface area contributed by atoms with E-state index in [1.165, 1.54) is 18.2 Å². The fourth-order valence-corrected chi connectivity index (χ4v) is 1.66. The van der Waals surface area contributed by atoms with Crippen LogP contribution in [0.4, 0.5) is 0 Å². The highest BCUT2D eigenvalue weighted by atomic mass is 32.2. The summed E-state index contributed by atoms with van der Waals surface area (Å²) in [6.45, 7) is 0.654. The van der Waals surface area contributed by atoms with Crippen molar-refractivity contribution in [3.8, 4) is 11.5 Å². The quantitative estimate of drug-likeness (QED) is 0.785. The van der Waals surface area contributed by atoms with Gasteiger partial charge in [0.05, 0.1) is 0 Å². The van der Waals surface area contributed by atoms with Gasteiger partial charge in [-0.05, 0) is 24.5 Å². The fourth-order valence-electron chi connectivity index (χ4n) is 1.21. The van der Waals surface area contributed by atoms with Crippen LogP contribution < -0.4 is 0 Å². The normalized spacial score (nSPS) is 10.1. The summed E-state index contributed by atoms with van der Waals surface area (Å²) in [5.74, 6) is 0.212. The van der Waals surface area contributed by atoms with Gasteiger partial charge in [0.2, 0.25) is 0 Å². The lowest BCUT2D eigenvalue weighted by Crippen LogP contribution is -2.28. The molecule has 1 aromatic rings. The number of aromatic hydroxyl groups is 2. The lowest BCUT2D eigenvalue weighted by Gasteiger charge is -2.16. The number of hydrogen-bond acceptors (Lipinski definition) is 4. The number of hydrogen-bond donors (Lipinski definition) is 2. The van der Waals surface area contributed by atoms with Gasteiger partial charge in [-0.3, -0.25) is 4.79 Å². The van der Waals surface area contributed by atoms with E-state index in [1.54, 1.807) is 23.7 Å². The second-order valence-corrected chi connectivity index (χ2v) is 4.41. The fraction of sp³-hybridized carbons (Fsp3) is 0.364. The Labute approximate surface area is 98.9 Å². The van der Waals surface area contributed by atoms with E-state index in [4.69, 9.17) is 5.11 Å². The van der Waals surface area contributed by atoms with Crippen molar-refractivity contribution in [2.45, 2.75) is 0 Å². The van der Waals surface area contributed by atoms with Gasteiger partial charge in [-0.1, -0.05) is 0 Å². The molecule has 0 unspecified atom stereocenters. The molecule has 0 heterocycles. The van der Waals surface area contributed by atoms with Gasteiger partial charge in [0, 0.05) is 24.9 Å². The minimum atomic E-state index is -0.274. The molecule has 16 heavy (non-hydrogen) atoms. The predicted molar refractivity (Wildman–Crippen MR) is 65.1 cm³/mol. The molecule has 0 aliphatic rings. The van der Waals surface area contributed by atoms with E-state index in [1.807, 2.05) is 6.26 Å². The van der Waals surface area contributed by atoms with Gasteiger partial charge in [-0.2, -0.15) is 11.8 Å². The van der Waals surface area contributed by atoms with E-state index >= 15 is 0 Å². The molecule has 0 saturated heterocycles. The van der Waals surface area contributed by atoms with Gasteiger partial charge < -0.3 is 15.1 Å². The number of benzene rings is 1. The zero-order valence-electron chi connectivity index (χ0n) is 9.30. The molecule has 0 aromatic heterocycles. The maximum atomic E-state index is 11.8. The highest BCUT2D eigenvalue weighted by Gasteiger charge is 2.12. The molecule has 0 radical (unpaired) electrons. The van der Waals surface area contributed by atoms with Crippen LogP contribution in [0.5, 0.6) is 11.5 Å². The van der Waals surface area contributed by atoms with Gasteiger partial charge in [0.1, 0.15) is 0 Å². The number of rotatable bonds is 4. The van der Waals surface area contributed by atoms with Crippen molar-refractivity contribution < 1.29 is 15.0 Å². The van der Waals surface area contributed by atoms with Crippen molar-refractivity contribution in [3.63, 3.8) is 0 Å². The molecular formula is C11H15NO3S. The van der Waals surface area contributed by atoms with Gasteiger partial charge in [0.25, 0.3) is 5.91 Å². The Morgan fingerprint density at radius 1 is 1.38 bits per heavy atom. The van der Waals surface area contributed by atoms with E-state index in [0.29, 0.717) is 12.1 Å². The molecule has 88 valence electrons. The Morgan fingerprint density at radius 2 is 2.06 bits per heavy atom. The summed E-state index contributed by atoms with van der Waals surface area (Å²) in [6, 6.07) is 4.07. The molecule has 0 aliphatic heterocycles. The molecule has 1 aromatic carbocycles. The number of carbonyl (C=O) groups excluding carboxylic acids is 1. The first kappa shape index (κ1) is 12.7. The minimum Gasteiger partial charge on any atom is -0.504 e. The number of phenolic OH excluding ortho intramolecular Hbond substituents is 2. The summed E-state index contributed by atoms with van der Waals surface area (Å²) in [7, 11) is 1.71. The number of nitrogens with zero attached hydrogens (tertiary/aromatic N) is 1. The topological polar surface area (TPSA) is 60.8 Å². The molecule has 5 heteroatoms. The Morgan fingerprint density at radius 3 is 2.62 bits per heavy atom. The lowest BCUT2D eigenvalue weighted by atomic mass is 10.2. The maximum Gasteiger partial charge on any atom is 0.253 e. The molecule has 0 fully saturated rings. The van der Waals surface area contributed by atoms with Crippen molar-refractivity contribution in [1.29, 1.82) is 0 Å². The minimum absolute atomic E-state index is 0.163. The van der Waals surface area contributed by atoms with Crippen molar-refractivity contribution in [3.05, 3.63) is 23.8 Å². The predicted octanol–water partition coefficient (Wildman–Crippen LogP) is 1.53. The van der Waals surface area contributed by atoms with E-state index in [9.17, 15) is 9.90 Å². The zero-order valence-corrected chi connectivity index (χ0v) is 10.1. The first-order valence-electron chi connectivity index (χ1n) is 4.82. The summed E-state index contributed by atoms with van der Waals surface area (Å²) in [5, 5.41) is 18.4. The number of phenols is 2. The van der Waals surface area contributed by atoms with Crippen LogP contribution in [0.1, 0.15) is 10.4 Å². The standard InChI is InChI=1S/C11H15NO3S/c1-12(5-6-16-2)11(15)8-3-4-9(13)10(14)7-8/h3-4,7,13-14H,5-6H2,1-2H3. The van der Waals surface area contributed by atoms with E-state index < -0.39 is 0 Å². The molecule has 0 atom stereocenters. The van der Waals surface area contributed by atoms with Gasteiger partial charge in [-0.15, -0.1) is 0 Å². The van der Waals surface area contributed by atoms with Crippen LogP contribution in [-0.4, -0.2) is 46.6 Å². The molecular weight excluding hydrogens is 226 g/mol. The molecule has 0 spiro atoms. The summed E-state index contributed by atoms with van der Waals surface area (Å²) in [5.41, 5.74) is 0.374. The largest absolute Gasteiger partial charge is 0.504 e. The Balaban J connectivity index is 2.76.